The minimum Gasteiger partial charge on any atom is -0.508 e. The number of carbonyl (C=O) groups excluding carboxylic acids is 4. The zero-order chi connectivity index (χ0) is 32.4. The zero-order valence-corrected chi connectivity index (χ0v) is 23.5. The molecule has 0 radical (unpaired) electrons. The van der Waals surface area contributed by atoms with E-state index in [0.29, 0.717) is 11.1 Å². The van der Waals surface area contributed by atoms with Crippen molar-refractivity contribution in [1.29, 1.82) is 0 Å². The Bertz CT molecular complexity index is 1520. The van der Waals surface area contributed by atoms with E-state index in [9.17, 15) is 39.0 Å². The van der Waals surface area contributed by atoms with Crippen molar-refractivity contribution in [1.82, 2.24) is 20.9 Å². The number of phenolic OH excluding ortho intramolecular Hbond substituents is 1. The molecule has 15 heteroatoms. The number of nitrogens with one attached hydrogen (secondary N) is 4. The number of nitrogens with two attached hydrogens (primary N) is 2. The highest BCUT2D eigenvalue weighted by molar-refractivity contribution is 5.96. The van der Waals surface area contributed by atoms with Crippen LogP contribution in [0.15, 0.2) is 54.7 Å². The van der Waals surface area contributed by atoms with Crippen LogP contribution in [-0.2, 0) is 41.6 Å². The van der Waals surface area contributed by atoms with Crippen molar-refractivity contribution < 1.29 is 44.1 Å². The van der Waals surface area contributed by atoms with Gasteiger partial charge in [0.05, 0.1) is 12.5 Å². The topological polar surface area (TPSA) is 267 Å². The maximum Gasteiger partial charge on any atom is 0.326 e. The summed E-state index contributed by atoms with van der Waals surface area (Å²) in [7, 11) is 0. The van der Waals surface area contributed by atoms with Crippen LogP contribution in [0.3, 0.4) is 0 Å². The predicted molar refractivity (Wildman–Crippen MR) is 156 cm³/mol. The number of benzene rings is 2. The molecule has 0 saturated carbocycles. The van der Waals surface area contributed by atoms with Crippen molar-refractivity contribution in [3.8, 4) is 5.75 Å². The minimum atomic E-state index is -1.61. The maximum absolute atomic E-state index is 13.4. The lowest BCUT2D eigenvalue weighted by Gasteiger charge is -2.25. The number of carbonyl (C=O) groups is 6. The van der Waals surface area contributed by atoms with E-state index in [1.54, 1.807) is 30.5 Å². The summed E-state index contributed by atoms with van der Waals surface area (Å²) in [5.74, 6) is -6.32. The van der Waals surface area contributed by atoms with Gasteiger partial charge in [0.1, 0.15) is 23.9 Å². The number of aromatic nitrogens is 1. The van der Waals surface area contributed by atoms with Gasteiger partial charge >= 0.3 is 11.9 Å². The van der Waals surface area contributed by atoms with E-state index in [0.717, 1.165) is 10.9 Å². The van der Waals surface area contributed by atoms with Crippen LogP contribution in [0, 0.1) is 0 Å². The first kappa shape index (κ1) is 33.1. The standard InChI is InChI=1S/C29H34N6O9/c30-19(9-10-25(38)39)26(40)33-21(11-15-5-7-17(36)8-6-15)27(41)34-22(13-24(31)37)28(42)35-23(29(43)44)12-16-14-32-20-4-2-1-3-18(16)20/h1-8,14,19,21-23,32,36H,9-13,30H2,(H2,31,37)(H,33,40)(H,34,41)(H,35,42)(H,38,39)(H,43,44). The highest BCUT2D eigenvalue weighted by Gasteiger charge is 2.32. The van der Waals surface area contributed by atoms with Crippen LogP contribution in [0.5, 0.6) is 5.75 Å². The molecule has 2 aromatic carbocycles. The van der Waals surface area contributed by atoms with Gasteiger partial charge in [-0.1, -0.05) is 30.3 Å². The Morgan fingerprint density at radius 2 is 1.41 bits per heavy atom. The summed E-state index contributed by atoms with van der Waals surface area (Å²) >= 11 is 0. The smallest absolute Gasteiger partial charge is 0.326 e. The molecule has 1 heterocycles. The summed E-state index contributed by atoms with van der Waals surface area (Å²) in [6.07, 6.45) is 0.0625. The van der Waals surface area contributed by atoms with E-state index in [2.05, 4.69) is 20.9 Å². The highest BCUT2D eigenvalue weighted by Crippen LogP contribution is 2.19. The van der Waals surface area contributed by atoms with Crippen LogP contribution >= 0.6 is 0 Å². The third-order valence-corrected chi connectivity index (χ3v) is 6.77. The summed E-state index contributed by atoms with van der Waals surface area (Å²) in [5, 5.41) is 36.2. The number of hydrogen-bond donors (Lipinski definition) is 9. The molecule has 0 bridgehead atoms. The molecule has 4 unspecified atom stereocenters. The summed E-state index contributed by atoms with van der Waals surface area (Å²) < 4.78 is 0. The fourth-order valence-electron chi connectivity index (χ4n) is 4.44. The largest absolute Gasteiger partial charge is 0.508 e. The number of aromatic amines is 1. The van der Waals surface area contributed by atoms with Crippen LogP contribution in [0.1, 0.15) is 30.4 Å². The first-order valence-electron chi connectivity index (χ1n) is 13.6. The number of amides is 4. The highest BCUT2D eigenvalue weighted by atomic mass is 16.4. The quantitative estimate of drug-likeness (QED) is 0.0980. The molecule has 15 nitrogen and oxygen atoms in total. The van der Waals surface area contributed by atoms with Crippen LogP contribution in [-0.4, -0.2) is 80.0 Å². The third kappa shape index (κ3) is 9.55. The van der Waals surface area contributed by atoms with Crippen molar-refractivity contribution >= 4 is 46.5 Å². The number of fused-ring (bicyclic) bond motifs is 1. The van der Waals surface area contributed by atoms with E-state index in [1.807, 2.05) is 0 Å². The lowest BCUT2D eigenvalue weighted by atomic mass is 10.0. The normalized spacial score (nSPS) is 13.7. The van der Waals surface area contributed by atoms with Gasteiger partial charge in [-0.25, -0.2) is 4.79 Å². The van der Waals surface area contributed by atoms with Gasteiger partial charge < -0.3 is 47.7 Å². The second-order valence-corrected chi connectivity index (χ2v) is 10.2. The van der Waals surface area contributed by atoms with Crippen molar-refractivity contribution in [2.45, 2.75) is 56.3 Å². The predicted octanol–water partition coefficient (Wildman–Crippen LogP) is -0.735. The summed E-state index contributed by atoms with van der Waals surface area (Å²) in [6.45, 7) is 0. The number of hydrogen-bond acceptors (Lipinski definition) is 8. The number of para-hydroxylation sites is 1. The molecule has 3 aromatic rings. The van der Waals surface area contributed by atoms with Gasteiger partial charge in [-0.15, -0.1) is 0 Å². The molecule has 11 N–H and O–H groups in total. The second kappa shape index (κ2) is 15.2. The first-order valence-corrected chi connectivity index (χ1v) is 13.6. The zero-order valence-electron chi connectivity index (χ0n) is 23.5. The number of primary amides is 1. The van der Waals surface area contributed by atoms with Gasteiger partial charge in [-0.05, 0) is 35.7 Å². The number of carboxylic acids is 2. The number of H-pyrrole nitrogens is 1. The Kier molecular flexibility index (Phi) is 11.4. The van der Waals surface area contributed by atoms with Gasteiger partial charge in [-0.2, -0.15) is 0 Å². The SMILES string of the molecule is NC(=O)CC(NC(=O)C(Cc1ccc(O)cc1)NC(=O)C(N)CCC(=O)O)C(=O)NC(Cc1c[nH]c2ccccc12)C(=O)O. The second-order valence-electron chi connectivity index (χ2n) is 10.2. The molecule has 0 spiro atoms. The minimum absolute atomic E-state index is 0.0479. The lowest BCUT2D eigenvalue weighted by molar-refractivity contribution is -0.142. The fraction of sp³-hybridized carbons (Fsp3) is 0.310. The van der Waals surface area contributed by atoms with E-state index >= 15 is 0 Å². The molecule has 0 aliphatic carbocycles. The summed E-state index contributed by atoms with van der Waals surface area (Å²) in [4.78, 5) is 77.1. The monoisotopic (exact) mass is 610 g/mol. The van der Waals surface area contributed by atoms with Gasteiger partial charge in [0.25, 0.3) is 0 Å². The van der Waals surface area contributed by atoms with Crippen LogP contribution < -0.4 is 27.4 Å². The number of phenols is 1. The Balaban J connectivity index is 1.79. The van der Waals surface area contributed by atoms with E-state index < -0.39 is 72.6 Å². The van der Waals surface area contributed by atoms with Crippen molar-refractivity contribution in [2.24, 2.45) is 11.5 Å². The Morgan fingerprint density at radius 3 is 2.05 bits per heavy atom. The maximum atomic E-state index is 13.4. The molecule has 0 aliphatic heterocycles. The van der Waals surface area contributed by atoms with Crippen LogP contribution in [0.2, 0.25) is 0 Å². The van der Waals surface area contributed by atoms with Gasteiger partial charge in [0.2, 0.25) is 23.6 Å². The molecular weight excluding hydrogens is 576 g/mol. The number of rotatable bonds is 16. The third-order valence-electron chi connectivity index (χ3n) is 6.77. The Morgan fingerprint density at radius 1 is 0.795 bits per heavy atom. The van der Waals surface area contributed by atoms with Crippen molar-refractivity contribution in [2.75, 3.05) is 0 Å². The number of carboxylic acid groups (broad SMARTS) is 2. The molecule has 4 amide bonds. The van der Waals surface area contributed by atoms with Gasteiger partial charge in [-0.3, -0.25) is 24.0 Å². The van der Waals surface area contributed by atoms with Crippen molar-refractivity contribution in [3.05, 3.63) is 65.9 Å². The number of aliphatic carboxylic acids is 2. The molecular formula is C29H34N6O9. The molecule has 4 atom stereocenters. The molecule has 1 aromatic heterocycles. The van der Waals surface area contributed by atoms with Crippen molar-refractivity contribution in [3.63, 3.8) is 0 Å². The molecule has 0 aliphatic rings. The lowest BCUT2D eigenvalue weighted by Crippen LogP contribution is -2.58. The van der Waals surface area contributed by atoms with Crippen LogP contribution in [0.25, 0.3) is 10.9 Å². The molecule has 0 fully saturated rings. The number of aromatic hydroxyl groups is 1. The Hall–Kier alpha value is -5.44. The first-order chi connectivity index (χ1) is 20.8. The van der Waals surface area contributed by atoms with E-state index in [4.69, 9.17) is 16.6 Å². The van der Waals surface area contributed by atoms with E-state index in [-0.39, 0.29) is 25.0 Å². The van der Waals surface area contributed by atoms with Gasteiger partial charge in [0.15, 0.2) is 0 Å². The van der Waals surface area contributed by atoms with E-state index in [1.165, 1.54) is 24.3 Å². The van der Waals surface area contributed by atoms with Crippen LogP contribution in [0.4, 0.5) is 0 Å². The summed E-state index contributed by atoms with van der Waals surface area (Å²) in [5.41, 5.74) is 13.0. The fourth-order valence-corrected chi connectivity index (χ4v) is 4.44. The average Bonchev–Trinajstić information content (AvgIpc) is 3.38. The van der Waals surface area contributed by atoms with Gasteiger partial charge in [0, 0.05) is 36.4 Å². The molecule has 234 valence electrons. The molecule has 0 saturated heterocycles. The Labute approximate surface area is 251 Å². The molecule has 44 heavy (non-hydrogen) atoms. The summed E-state index contributed by atoms with van der Waals surface area (Å²) in [6, 6.07) is 7.17. The molecule has 3 rings (SSSR count). The average molecular weight is 611 g/mol.